The zero-order chi connectivity index (χ0) is 11.0. The molecule has 0 aliphatic carbocycles. The van der Waals surface area contributed by atoms with Crippen LogP contribution in [0.5, 0.6) is 5.75 Å². The number of hydrogen-bond acceptors (Lipinski definition) is 3. The van der Waals surface area contributed by atoms with Crippen molar-refractivity contribution < 1.29 is 4.74 Å². The lowest BCUT2D eigenvalue weighted by atomic mass is 9.74. The number of ether oxygens (including phenoxy) is 1. The van der Waals surface area contributed by atoms with Crippen LogP contribution in [0.4, 0.5) is 0 Å². The topological polar surface area (TPSA) is 45.0 Å². The molecule has 1 aromatic carbocycles. The molecule has 0 aromatic heterocycles. The summed E-state index contributed by atoms with van der Waals surface area (Å²) in [6, 6.07) is 7.98. The minimum absolute atomic E-state index is 0. The van der Waals surface area contributed by atoms with Crippen LogP contribution in [0.2, 0.25) is 0 Å². The lowest BCUT2D eigenvalue weighted by molar-refractivity contribution is 0.220. The van der Waals surface area contributed by atoms with Crippen LogP contribution in [0.15, 0.2) is 18.2 Å². The molecule has 2 aliphatic heterocycles. The standard InChI is InChI=1S/C13H14N2O.ClH/c14-8-10-1-2-12-11(7-10)13(9-16-12)3-5-15-6-4-13;/h1-2,7,15H,3-6,9H2;1H. The second-order valence-electron chi connectivity index (χ2n) is 4.64. The van der Waals surface area contributed by atoms with Crippen LogP contribution in [-0.2, 0) is 5.41 Å². The predicted molar refractivity (Wildman–Crippen MR) is 67.7 cm³/mol. The largest absolute Gasteiger partial charge is 0.492 e. The van der Waals surface area contributed by atoms with E-state index in [0.717, 1.165) is 43.9 Å². The third-order valence-corrected chi connectivity index (χ3v) is 3.74. The third-order valence-electron chi connectivity index (χ3n) is 3.74. The smallest absolute Gasteiger partial charge is 0.123 e. The number of nitrogens with zero attached hydrogens (tertiary/aromatic N) is 1. The Morgan fingerprint density at radius 1 is 1.29 bits per heavy atom. The molecule has 3 rings (SSSR count). The summed E-state index contributed by atoms with van der Waals surface area (Å²) in [4.78, 5) is 0. The van der Waals surface area contributed by atoms with E-state index in [1.54, 1.807) is 0 Å². The Morgan fingerprint density at radius 3 is 2.76 bits per heavy atom. The Kier molecular flexibility index (Phi) is 3.28. The van der Waals surface area contributed by atoms with E-state index in [0.29, 0.717) is 0 Å². The van der Waals surface area contributed by atoms with Gasteiger partial charge in [-0.3, -0.25) is 0 Å². The van der Waals surface area contributed by atoms with Crippen molar-refractivity contribution in [2.45, 2.75) is 18.3 Å². The van der Waals surface area contributed by atoms with Gasteiger partial charge in [0, 0.05) is 11.0 Å². The molecular weight excluding hydrogens is 236 g/mol. The summed E-state index contributed by atoms with van der Waals surface area (Å²) in [7, 11) is 0. The normalized spacial score (nSPS) is 19.9. The van der Waals surface area contributed by atoms with Gasteiger partial charge in [-0.1, -0.05) is 0 Å². The first kappa shape index (κ1) is 12.2. The van der Waals surface area contributed by atoms with Crippen molar-refractivity contribution >= 4 is 12.4 Å². The fourth-order valence-electron chi connectivity index (χ4n) is 2.75. The predicted octanol–water partition coefficient (Wildman–Crippen LogP) is 1.99. The maximum absolute atomic E-state index is 8.95. The van der Waals surface area contributed by atoms with Crippen molar-refractivity contribution in [3.05, 3.63) is 29.3 Å². The molecule has 2 heterocycles. The lowest BCUT2D eigenvalue weighted by Crippen LogP contribution is -2.40. The lowest BCUT2D eigenvalue weighted by Gasteiger charge is -2.32. The minimum atomic E-state index is 0. The molecule has 0 unspecified atom stereocenters. The van der Waals surface area contributed by atoms with Gasteiger partial charge in [0.2, 0.25) is 0 Å². The van der Waals surface area contributed by atoms with Crippen LogP contribution in [-0.4, -0.2) is 19.7 Å². The zero-order valence-corrected chi connectivity index (χ0v) is 10.3. The number of nitrogens with one attached hydrogen (secondary N) is 1. The summed E-state index contributed by atoms with van der Waals surface area (Å²) in [6.45, 7) is 2.86. The van der Waals surface area contributed by atoms with Gasteiger partial charge in [0.1, 0.15) is 5.75 Å². The van der Waals surface area contributed by atoms with Gasteiger partial charge >= 0.3 is 0 Å². The molecule has 17 heavy (non-hydrogen) atoms. The highest BCUT2D eigenvalue weighted by atomic mass is 35.5. The first-order chi connectivity index (χ1) is 7.84. The number of halogens is 1. The van der Waals surface area contributed by atoms with E-state index in [-0.39, 0.29) is 17.8 Å². The third kappa shape index (κ3) is 1.88. The van der Waals surface area contributed by atoms with Crippen LogP contribution in [0.1, 0.15) is 24.0 Å². The number of hydrogen-bond donors (Lipinski definition) is 1. The average molecular weight is 251 g/mol. The number of nitriles is 1. The van der Waals surface area contributed by atoms with Crippen molar-refractivity contribution in [1.29, 1.82) is 5.26 Å². The first-order valence-corrected chi connectivity index (χ1v) is 5.72. The fourth-order valence-corrected chi connectivity index (χ4v) is 2.75. The van der Waals surface area contributed by atoms with Crippen LogP contribution in [0.3, 0.4) is 0 Å². The Labute approximate surface area is 107 Å². The highest BCUT2D eigenvalue weighted by Crippen LogP contribution is 2.44. The van der Waals surface area contributed by atoms with Crippen LogP contribution in [0, 0.1) is 11.3 Å². The summed E-state index contributed by atoms with van der Waals surface area (Å²) in [5.41, 5.74) is 2.14. The summed E-state index contributed by atoms with van der Waals surface area (Å²) >= 11 is 0. The molecule has 0 radical (unpaired) electrons. The molecule has 1 aromatic rings. The highest BCUT2D eigenvalue weighted by molar-refractivity contribution is 5.85. The Morgan fingerprint density at radius 2 is 2.06 bits per heavy atom. The van der Waals surface area contributed by atoms with Crippen molar-refractivity contribution in [3.63, 3.8) is 0 Å². The number of piperidine rings is 1. The Hall–Kier alpha value is -1.24. The zero-order valence-electron chi connectivity index (χ0n) is 9.53. The van der Waals surface area contributed by atoms with E-state index in [1.165, 1.54) is 5.56 Å². The summed E-state index contributed by atoms with van der Waals surface area (Å²) in [5, 5.41) is 12.3. The SMILES string of the molecule is Cl.N#Cc1ccc2c(c1)C1(CCNCC1)CO2. The van der Waals surface area contributed by atoms with Crippen molar-refractivity contribution in [2.24, 2.45) is 0 Å². The molecular formula is C13H15ClN2O. The molecule has 0 bridgehead atoms. The van der Waals surface area contributed by atoms with Crippen LogP contribution >= 0.6 is 12.4 Å². The maximum atomic E-state index is 8.95. The molecule has 1 spiro atoms. The number of benzene rings is 1. The van der Waals surface area contributed by atoms with E-state index >= 15 is 0 Å². The van der Waals surface area contributed by atoms with E-state index in [9.17, 15) is 0 Å². The van der Waals surface area contributed by atoms with Crippen molar-refractivity contribution in [2.75, 3.05) is 19.7 Å². The second-order valence-corrected chi connectivity index (χ2v) is 4.64. The fraction of sp³-hybridized carbons (Fsp3) is 0.462. The minimum Gasteiger partial charge on any atom is -0.492 e. The van der Waals surface area contributed by atoms with Gasteiger partial charge in [-0.05, 0) is 44.1 Å². The molecule has 0 saturated carbocycles. The molecule has 0 atom stereocenters. The van der Waals surface area contributed by atoms with Crippen LogP contribution < -0.4 is 10.1 Å². The molecule has 1 fully saturated rings. The van der Waals surface area contributed by atoms with E-state index < -0.39 is 0 Å². The summed E-state index contributed by atoms with van der Waals surface area (Å²) in [6.07, 6.45) is 2.21. The van der Waals surface area contributed by atoms with E-state index in [2.05, 4.69) is 11.4 Å². The van der Waals surface area contributed by atoms with Gasteiger partial charge in [-0.2, -0.15) is 5.26 Å². The van der Waals surface area contributed by atoms with E-state index in [4.69, 9.17) is 10.00 Å². The first-order valence-electron chi connectivity index (χ1n) is 5.72. The molecule has 2 aliphatic rings. The van der Waals surface area contributed by atoms with Crippen molar-refractivity contribution in [1.82, 2.24) is 5.32 Å². The quantitative estimate of drug-likeness (QED) is 0.766. The number of fused-ring (bicyclic) bond motifs is 2. The Bertz CT molecular complexity index is 455. The molecule has 3 nitrogen and oxygen atoms in total. The van der Waals surface area contributed by atoms with Gasteiger partial charge in [0.15, 0.2) is 0 Å². The summed E-state index contributed by atoms with van der Waals surface area (Å²) in [5.74, 6) is 0.973. The van der Waals surface area contributed by atoms with Gasteiger partial charge in [-0.15, -0.1) is 12.4 Å². The van der Waals surface area contributed by atoms with Crippen molar-refractivity contribution in [3.8, 4) is 11.8 Å². The highest BCUT2D eigenvalue weighted by Gasteiger charge is 2.41. The van der Waals surface area contributed by atoms with Gasteiger partial charge in [0.25, 0.3) is 0 Å². The number of rotatable bonds is 0. The molecule has 4 heteroatoms. The molecule has 1 N–H and O–H groups in total. The van der Waals surface area contributed by atoms with E-state index in [1.807, 2.05) is 18.2 Å². The summed E-state index contributed by atoms with van der Waals surface area (Å²) < 4.78 is 5.75. The van der Waals surface area contributed by atoms with Gasteiger partial charge < -0.3 is 10.1 Å². The second kappa shape index (κ2) is 4.56. The molecule has 0 amide bonds. The maximum Gasteiger partial charge on any atom is 0.123 e. The molecule has 1 saturated heterocycles. The van der Waals surface area contributed by atoms with Gasteiger partial charge in [0.05, 0.1) is 18.2 Å². The van der Waals surface area contributed by atoms with Crippen LogP contribution in [0.25, 0.3) is 0 Å². The monoisotopic (exact) mass is 250 g/mol. The molecule has 90 valence electrons. The van der Waals surface area contributed by atoms with Gasteiger partial charge in [-0.25, -0.2) is 0 Å². The average Bonchev–Trinajstić information content (AvgIpc) is 2.69. The Balaban J connectivity index is 0.00000108.